The smallest absolute Gasteiger partial charge is 0.126 e. The summed E-state index contributed by atoms with van der Waals surface area (Å²) in [5, 5.41) is 11.8. The second kappa shape index (κ2) is 4.91. The maximum Gasteiger partial charge on any atom is 0.126 e. The molecule has 5 heteroatoms. The molecule has 0 fully saturated rings. The number of nitrogen functional groups attached to an aromatic ring is 1. The van der Waals surface area contributed by atoms with Crippen LogP contribution in [0.2, 0.25) is 0 Å². The molecule has 2 aromatic rings. The molecular formula is C13H16N4O. The third-order valence-corrected chi connectivity index (χ3v) is 2.74. The fourth-order valence-electron chi connectivity index (χ4n) is 1.78. The number of nitrogens with two attached hydrogens (primary N) is 1. The number of nitrogens with one attached hydrogen (secondary N) is 1. The van der Waals surface area contributed by atoms with E-state index in [1.165, 1.54) is 0 Å². The van der Waals surface area contributed by atoms with Crippen molar-refractivity contribution in [2.75, 3.05) is 7.11 Å². The largest absolute Gasteiger partial charge is 0.497 e. The molecule has 0 amide bonds. The Balaban J connectivity index is 2.18. The summed E-state index contributed by atoms with van der Waals surface area (Å²) >= 11 is 0. The van der Waals surface area contributed by atoms with Gasteiger partial charge in [0.2, 0.25) is 0 Å². The lowest BCUT2D eigenvalue weighted by atomic mass is 10.2. The van der Waals surface area contributed by atoms with Crippen LogP contribution in [0.1, 0.15) is 16.8 Å². The summed E-state index contributed by atoms with van der Waals surface area (Å²) < 4.78 is 6.89. The van der Waals surface area contributed by atoms with Crippen LogP contribution in [-0.4, -0.2) is 22.7 Å². The summed E-state index contributed by atoms with van der Waals surface area (Å²) in [6.07, 6.45) is 1.79. The summed E-state index contributed by atoms with van der Waals surface area (Å²) in [5.41, 5.74) is 8.05. The van der Waals surface area contributed by atoms with E-state index >= 15 is 0 Å². The van der Waals surface area contributed by atoms with E-state index in [-0.39, 0.29) is 5.84 Å². The Hall–Kier alpha value is -2.30. The topological polar surface area (TPSA) is 76.9 Å². The number of methoxy groups -OCH3 is 1. The lowest BCUT2D eigenvalue weighted by Gasteiger charge is -2.03. The van der Waals surface area contributed by atoms with Crippen molar-refractivity contribution < 1.29 is 4.74 Å². The highest BCUT2D eigenvalue weighted by atomic mass is 16.5. The van der Waals surface area contributed by atoms with Gasteiger partial charge in [0.25, 0.3) is 0 Å². The Morgan fingerprint density at radius 2 is 2.06 bits per heavy atom. The lowest BCUT2D eigenvalue weighted by molar-refractivity contribution is 0.414. The Morgan fingerprint density at radius 3 is 2.56 bits per heavy atom. The van der Waals surface area contributed by atoms with E-state index in [1.54, 1.807) is 18.0 Å². The van der Waals surface area contributed by atoms with Crippen molar-refractivity contribution in [3.63, 3.8) is 0 Å². The number of ether oxygens (including phenoxy) is 1. The van der Waals surface area contributed by atoms with Gasteiger partial charge in [0.15, 0.2) is 0 Å². The van der Waals surface area contributed by atoms with Crippen LogP contribution >= 0.6 is 0 Å². The summed E-state index contributed by atoms with van der Waals surface area (Å²) in [4.78, 5) is 0. The molecule has 0 bridgehead atoms. The third-order valence-electron chi connectivity index (χ3n) is 2.74. The van der Waals surface area contributed by atoms with Crippen molar-refractivity contribution in [1.82, 2.24) is 9.78 Å². The normalized spacial score (nSPS) is 10.3. The Morgan fingerprint density at radius 1 is 1.39 bits per heavy atom. The summed E-state index contributed by atoms with van der Waals surface area (Å²) in [6.45, 7) is 2.50. The first-order valence-corrected chi connectivity index (χ1v) is 5.61. The number of hydrogen-bond acceptors (Lipinski definition) is 3. The van der Waals surface area contributed by atoms with Crippen molar-refractivity contribution in [1.29, 1.82) is 5.41 Å². The first-order valence-electron chi connectivity index (χ1n) is 5.61. The van der Waals surface area contributed by atoms with E-state index in [4.69, 9.17) is 15.9 Å². The zero-order chi connectivity index (χ0) is 13.1. The Bertz CT molecular complexity index is 557. The fourth-order valence-corrected chi connectivity index (χ4v) is 1.78. The number of amidine groups is 1. The molecule has 1 aromatic carbocycles. The number of rotatable bonds is 4. The highest BCUT2D eigenvalue weighted by Crippen LogP contribution is 2.13. The fraction of sp³-hybridized carbons (Fsp3) is 0.231. The van der Waals surface area contributed by atoms with E-state index in [1.807, 2.05) is 31.2 Å². The molecule has 0 radical (unpaired) electrons. The van der Waals surface area contributed by atoms with Gasteiger partial charge in [-0.05, 0) is 24.6 Å². The zero-order valence-corrected chi connectivity index (χ0v) is 10.5. The summed E-state index contributed by atoms with van der Waals surface area (Å²) in [7, 11) is 1.64. The van der Waals surface area contributed by atoms with Gasteiger partial charge in [-0.15, -0.1) is 0 Å². The van der Waals surface area contributed by atoms with E-state index in [2.05, 4.69) is 5.10 Å². The molecule has 0 saturated heterocycles. The molecule has 0 saturated carbocycles. The van der Waals surface area contributed by atoms with Crippen LogP contribution in [0.4, 0.5) is 0 Å². The molecule has 2 rings (SSSR count). The molecule has 3 N–H and O–H groups in total. The van der Waals surface area contributed by atoms with Gasteiger partial charge in [-0.25, -0.2) is 0 Å². The molecule has 0 atom stereocenters. The molecule has 0 aliphatic rings. The van der Waals surface area contributed by atoms with Crippen molar-refractivity contribution in [2.24, 2.45) is 5.73 Å². The molecule has 1 heterocycles. The van der Waals surface area contributed by atoms with Gasteiger partial charge in [-0.2, -0.15) is 5.10 Å². The van der Waals surface area contributed by atoms with Gasteiger partial charge in [0.1, 0.15) is 11.6 Å². The average molecular weight is 244 g/mol. The van der Waals surface area contributed by atoms with Crippen LogP contribution in [0, 0.1) is 12.3 Å². The first kappa shape index (κ1) is 12.2. The molecule has 0 spiro atoms. The maximum absolute atomic E-state index is 7.43. The molecule has 5 nitrogen and oxygen atoms in total. The standard InChI is InChI=1S/C13H16N4O/c1-9-12(13(14)15)8-17(16-9)7-10-3-5-11(18-2)6-4-10/h3-6,8H,7H2,1-2H3,(H3,14,15). The van der Waals surface area contributed by atoms with Gasteiger partial charge in [-0.3, -0.25) is 10.1 Å². The van der Waals surface area contributed by atoms with Crippen molar-refractivity contribution >= 4 is 5.84 Å². The summed E-state index contributed by atoms with van der Waals surface area (Å²) in [6, 6.07) is 7.81. The van der Waals surface area contributed by atoms with E-state index < -0.39 is 0 Å². The van der Waals surface area contributed by atoms with Gasteiger partial charge in [0, 0.05) is 6.20 Å². The molecular weight excluding hydrogens is 228 g/mol. The van der Waals surface area contributed by atoms with Gasteiger partial charge in [0.05, 0.1) is 24.9 Å². The average Bonchev–Trinajstić information content (AvgIpc) is 2.71. The Kier molecular flexibility index (Phi) is 3.32. The van der Waals surface area contributed by atoms with Crippen LogP contribution in [0.5, 0.6) is 5.75 Å². The second-order valence-corrected chi connectivity index (χ2v) is 4.09. The van der Waals surface area contributed by atoms with Crippen LogP contribution in [-0.2, 0) is 6.54 Å². The zero-order valence-electron chi connectivity index (χ0n) is 10.5. The van der Waals surface area contributed by atoms with Crippen LogP contribution < -0.4 is 10.5 Å². The SMILES string of the molecule is COc1ccc(Cn2cc(C(=N)N)c(C)n2)cc1. The minimum Gasteiger partial charge on any atom is -0.497 e. The molecule has 0 aliphatic heterocycles. The number of nitrogens with zero attached hydrogens (tertiary/aromatic N) is 2. The minimum absolute atomic E-state index is 0.0495. The molecule has 0 unspecified atom stereocenters. The third kappa shape index (κ3) is 2.51. The highest BCUT2D eigenvalue weighted by molar-refractivity contribution is 5.95. The quantitative estimate of drug-likeness (QED) is 0.632. The highest BCUT2D eigenvalue weighted by Gasteiger charge is 2.07. The predicted molar refractivity (Wildman–Crippen MR) is 70.1 cm³/mol. The van der Waals surface area contributed by atoms with Crippen molar-refractivity contribution in [3.8, 4) is 5.75 Å². The molecule has 94 valence electrons. The van der Waals surface area contributed by atoms with Crippen molar-refractivity contribution in [3.05, 3.63) is 47.3 Å². The second-order valence-electron chi connectivity index (χ2n) is 4.09. The monoisotopic (exact) mass is 244 g/mol. The van der Waals surface area contributed by atoms with Crippen LogP contribution in [0.25, 0.3) is 0 Å². The number of aromatic nitrogens is 2. The van der Waals surface area contributed by atoms with Gasteiger partial charge >= 0.3 is 0 Å². The van der Waals surface area contributed by atoms with E-state index in [0.717, 1.165) is 17.0 Å². The van der Waals surface area contributed by atoms with Crippen LogP contribution in [0.3, 0.4) is 0 Å². The predicted octanol–water partition coefficient (Wildman–Crippen LogP) is 1.53. The molecule has 1 aromatic heterocycles. The Labute approximate surface area is 106 Å². The van der Waals surface area contributed by atoms with Crippen molar-refractivity contribution in [2.45, 2.75) is 13.5 Å². The van der Waals surface area contributed by atoms with Crippen LogP contribution in [0.15, 0.2) is 30.5 Å². The van der Waals surface area contributed by atoms with Gasteiger partial charge < -0.3 is 10.5 Å². The number of hydrogen-bond donors (Lipinski definition) is 2. The maximum atomic E-state index is 7.43. The van der Waals surface area contributed by atoms with E-state index in [9.17, 15) is 0 Å². The van der Waals surface area contributed by atoms with Gasteiger partial charge in [-0.1, -0.05) is 12.1 Å². The molecule has 0 aliphatic carbocycles. The van der Waals surface area contributed by atoms with E-state index in [0.29, 0.717) is 12.1 Å². The lowest BCUT2D eigenvalue weighted by Crippen LogP contribution is -2.11. The molecule has 18 heavy (non-hydrogen) atoms. The minimum atomic E-state index is 0.0495. The number of benzene rings is 1. The summed E-state index contributed by atoms with van der Waals surface area (Å²) in [5.74, 6) is 0.883. The first-order chi connectivity index (χ1) is 8.60. The number of aryl methyl sites for hydroxylation is 1.